The van der Waals surface area contributed by atoms with Crippen LogP contribution in [0.3, 0.4) is 0 Å². The molecule has 0 amide bonds. The molecule has 0 fully saturated rings. The second kappa shape index (κ2) is 55.7. The topological polar surface area (TPSA) is 78.9 Å². The number of carbonyl (C=O) groups is 3. The molecule has 0 N–H and O–H groups in total. The van der Waals surface area contributed by atoms with Crippen molar-refractivity contribution in [3.05, 3.63) is 60.8 Å². The Kier molecular flexibility index (Phi) is 53.3. The lowest BCUT2D eigenvalue weighted by Crippen LogP contribution is -2.30. The molecule has 0 rings (SSSR count). The number of unbranched alkanes of at least 4 members (excludes halogenated alkanes) is 33. The van der Waals surface area contributed by atoms with E-state index in [1.807, 2.05) is 0 Å². The summed E-state index contributed by atoms with van der Waals surface area (Å²) < 4.78 is 16.8. The highest BCUT2D eigenvalue weighted by molar-refractivity contribution is 5.71. The third-order valence-electron chi connectivity index (χ3n) is 12.5. The third kappa shape index (κ3) is 53.9. The fraction of sp³-hybridized carbons (Fsp3) is 0.787. The van der Waals surface area contributed by atoms with E-state index in [0.29, 0.717) is 19.3 Å². The maximum atomic E-state index is 12.9. The van der Waals surface area contributed by atoms with E-state index in [1.165, 1.54) is 148 Å². The average molecular weight is 938 g/mol. The maximum Gasteiger partial charge on any atom is 0.306 e. The largest absolute Gasteiger partial charge is 0.462 e. The summed E-state index contributed by atoms with van der Waals surface area (Å²) in [6, 6.07) is 0. The highest BCUT2D eigenvalue weighted by atomic mass is 16.6. The molecule has 0 spiro atoms. The van der Waals surface area contributed by atoms with Crippen molar-refractivity contribution < 1.29 is 28.6 Å². The van der Waals surface area contributed by atoms with Gasteiger partial charge in [-0.3, -0.25) is 14.4 Å². The zero-order valence-corrected chi connectivity index (χ0v) is 44.4. The van der Waals surface area contributed by atoms with E-state index in [-0.39, 0.29) is 31.1 Å². The first-order chi connectivity index (χ1) is 33.0. The van der Waals surface area contributed by atoms with Crippen LogP contribution in [-0.4, -0.2) is 37.2 Å². The SMILES string of the molecule is CC\C=C/C=C\C=C/CCCCCCCC(=O)OCC(COC(=O)CCCCCCC/C=C\CCCCCCCCCCC)OC(=O)CCCCCCC/C=C\CCCCCCCCCCC. The van der Waals surface area contributed by atoms with E-state index >= 15 is 0 Å². The lowest BCUT2D eigenvalue weighted by molar-refractivity contribution is -0.167. The minimum absolute atomic E-state index is 0.0877. The van der Waals surface area contributed by atoms with Crippen LogP contribution in [0.4, 0.5) is 0 Å². The van der Waals surface area contributed by atoms with Crippen molar-refractivity contribution in [1.82, 2.24) is 0 Å². The molecule has 0 aliphatic rings. The zero-order valence-electron chi connectivity index (χ0n) is 44.4. The summed E-state index contributed by atoms with van der Waals surface area (Å²) in [5.74, 6) is -0.915. The summed E-state index contributed by atoms with van der Waals surface area (Å²) in [4.78, 5) is 38.1. The van der Waals surface area contributed by atoms with Gasteiger partial charge in [-0.15, -0.1) is 0 Å². The van der Waals surface area contributed by atoms with Gasteiger partial charge in [-0.25, -0.2) is 0 Å². The maximum absolute atomic E-state index is 12.9. The predicted octanol–water partition coefficient (Wildman–Crippen LogP) is 19.2. The fourth-order valence-electron chi connectivity index (χ4n) is 8.20. The van der Waals surface area contributed by atoms with E-state index in [2.05, 4.69) is 81.5 Å². The summed E-state index contributed by atoms with van der Waals surface area (Å²) in [5.41, 5.74) is 0. The number of hydrogen-bond donors (Lipinski definition) is 0. The second-order valence-corrected chi connectivity index (χ2v) is 19.2. The Bertz CT molecular complexity index is 1210. The molecule has 0 radical (unpaired) electrons. The van der Waals surface area contributed by atoms with Gasteiger partial charge in [-0.1, -0.05) is 242 Å². The Balaban J connectivity index is 4.39. The van der Waals surface area contributed by atoms with Gasteiger partial charge < -0.3 is 14.2 Å². The first-order valence-corrected chi connectivity index (χ1v) is 28.8. The van der Waals surface area contributed by atoms with E-state index < -0.39 is 6.10 Å². The summed E-state index contributed by atoms with van der Waals surface area (Å²) in [5, 5.41) is 0. The van der Waals surface area contributed by atoms with E-state index in [1.54, 1.807) is 0 Å². The van der Waals surface area contributed by atoms with Crippen molar-refractivity contribution in [1.29, 1.82) is 0 Å². The van der Waals surface area contributed by atoms with Gasteiger partial charge in [-0.05, 0) is 89.9 Å². The minimum atomic E-state index is -0.790. The molecule has 67 heavy (non-hydrogen) atoms. The van der Waals surface area contributed by atoms with Gasteiger partial charge in [0.15, 0.2) is 6.10 Å². The van der Waals surface area contributed by atoms with Crippen LogP contribution >= 0.6 is 0 Å². The Hall–Kier alpha value is -2.89. The van der Waals surface area contributed by atoms with Gasteiger partial charge in [0.2, 0.25) is 0 Å². The third-order valence-corrected chi connectivity index (χ3v) is 12.5. The van der Waals surface area contributed by atoms with Crippen molar-refractivity contribution in [2.24, 2.45) is 0 Å². The highest BCUT2D eigenvalue weighted by Crippen LogP contribution is 2.15. The van der Waals surface area contributed by atoms with Gasteiger partial charge in [0.05, 0.1) is 0 Å². The molecule has 6 nitrogen and oxygen atoms in total. The zero-order chi connectivity index (χ0) is 48.6. The number of carbonyl (C=O) groups excluding carboxylic acids is 3. The molecule has 0 aliphatic carbocycles. The molecule has 0 bridgehead atoms. The minimum Gasteiger partial charge on any atom is -0.462 e. The number of ether oxygens (including phenoxy) is 3. The van der Waals surface area contributed by atoms with Crippen LogP contribution in [0.2, 0.25) is 0 Å². The van der Waals surface area contributed by atoms with Crippen molar-refractivity contribution >= 4 is 17.9 Å². The van der Waals surface area contributed by atoms with Crippen LogP contribution in [0, 0.1) is 0 Å². The van der Waals surface area contributed by atoms with Gasteiger partial charge in [-0.2, -0.15) is 0 Å². The monoisotopic (exact) mass is 937 g/mol. The lowest BCUT2D eigenvalue weighted by atomic mass is 10.1. The van der Waals surface area contributed by atoms with Crippen molar-refractivity contribution in [2.45, 2.75) is 297 Å². The summed E-state index contributed by atoms with van der Waals surface area (Å²) in [6.07, 6.45) is 69.3. The number of allylic oxidation sites excluding steroid dienone is 10. The first kappa shape index (κ1) is 64.1. The van der Waals surface area contributed by atoms with Crippen LogP contribution in [0.5, 0.6) is 0 Å². The molecule has 6 heteroatoms. The molecule has 0 saturated carbocycles. The molecular formula is C61H108O6. The van der Waals surface area contributed by atoms with E-state index in [9.17, 15) is 14.4 Å². The fourth-order valence-corrected chi connectivity index (χ4v) is 8.20. The standard InChI is InChI=1S/C61H108O6/c1-4-7-10-13-16-19-22-25-27-29-31-33-36-39-42-45-48-51-54-60(63)66-57-58(56-65-59(62)53-50-47-44-41-38-35-24-21-18-15-12-9-6-3)67-61(64)55-52-49-46-43-40-37-34-32-30-28-26-23-20-17-14-11-8-5-2/h9,12,15,18,21,24,31-34,58H,4-8,10-11,13-14,16-17,19-20,22-23,25-30,35-57H2,1-3H3/b12-9-,18-15-,24-21-,33-31-,34-32-. The summed E-state index contributed by atoms with van der Waals surface area (Å²) in [6.45, 7) is 6.50. The van der Waals surface area contributed by atoms with Crippen LogP contribution in [0.15, 0.2) is 60.8 Å². The van der Waals surface area contributed by atoms with Gasteiger partial charge in [0.25, 0.3) is 0 Å². The quantitative estimate of drug-likeness (QED) is 0.0199. The van der Waals surface area contributed by atoms with Gasteiger partial charge in [0, 0.05) is 19.3 Å². The van der Waals surface area contributed by atoms with Crippen LogP contribution in [0.25, 0.3) is 0 Å². The van der Waals surface area contributed by atoms with Crippen LogP contribution < -0.4 is 0 Å². The average Bonchev–Trinajstić information content (AvgIpc) is 3.33. The molecule has 0 aliphatic heterocycles. The lowest BCUT2D eigenvalue weighted by Gasteiger charge is -2.18. The molecule has 1 unspecified atom stereocenters. The van der Waals surface area contributed by atoms with E-state index in [4.69, 9.17) is 14.2 Å². The van der Waals surface area contributed by atoms with Crippen molar-refractivity contribution in [3.63, 3.8) is 0 Å². The molecule has 388 valence electrons. The Labute approximate surface area is 415 Å². The van der Waals surface area contributed by atoms with Crippen molar-refractivity contribution in [2.75, 3.05) is 13.2 Å². The van der Waals surface area contributed by atoms with Crippen LogP contribution in [0.1, 0.15) is 290 Å². The molecule has 0 aromatic rings. The number of rotatable bonds is 52. The van der Waals surface area contributed by atoms with Gasteiger partial charge >= 0.3 is 17.9 Å². The van der Waals surface area contributed by atoms with Crippen molar-refractivity contribution in [3.8, 4) is 0 Å². The first-order valence-electron chi connectivity index (χ1n) is 28.8. The molecule has 0 heterocycles. The smallest absolute Gasteiger partial charge is 0.306 e. The Morgan fingerprint density at radius 3 is 0.940 bits per heavy atom. The predicted molar refractivity (Wildman–Crippen MR) is 288 cm³/mol. The Morgan fingerprint density at radius 1 is 0.313 bits per heavy atom. The van der Waals surface area contributed by atoms with E-state index in [0.717, 1.165) is 103 Å². The summed E-state index contributed by atoms with van der Waals surface area (Å²) in [7, 11) is 0. The van der Waals surface area contributed by atoms with Gasteiger partial charge in [0.1, 0.15) is 13.2 Å². The second-order valence-electron chi connectivity index (χ2n) is 19.2. The van der Waals surface area contributed by atoms with Crippen LogP contribution in [-0.2, 0) is 28.6 Å². The Morgan fingerprint density at radius 2 is 0.597 bits per heavy atom. The molecule has 0 aromatic heterocycles. The highest BCUT2D eigenvalue weighted by Gasteiger charge is 2.19. The number of hydrogen-bond acceptors (Lipinski definition) is 6. The molecule has 0 saturated heterocycles. The molecular weight excluding hydrogens is 829 g/mol. The summed E-state index contributed by atoms with van der Waals surface area (Å²) >= 11 is 0. The number of esters is 3. The molecule has 1 atom stereocenters. The molecule has 0 aromatic carbocycles. The normalized spacial score (nSPS) is 12.5.